The second kappa shape index (κ2) is 5.21. The summed E-state index contributed by atoms with van der Waals surface area (Å²) in [4.78, 5) is 11.8. The fourth-order valence-electron chi connectivity index (χ4n) is 1.34. The molecule has 0 saturated heterocycles. The van der Waals surface area contributed by atoms with E-state index in [0.717, 1.165) is 12.8 Å². The Morgan fingerprint density at radius 2 is 2.50 bits per heavy atom. The highest BCUT2D eigenvalue weighted by Gasteiger charge is 2.16. The molecule has 16 heavy (non-hydrogen) atoms. The fraction of sp³-hybridized carbons (Fsp3) is 0.455. The van der Waals surface area contributed by atoms with E-state index >= 15 is 0 Å². The van der Waals surface area contributed by atoms with Crippen LogP contribution in [0.15, 0.2) is 6.20 Å². The van der Waals surface area contributed by atoms with Crippen molar-refractivity contribution >= 4 is 11.7 Å². The number of nitrogens with zero attached hydrogens (tertiary/aromatic N) is 2. The molecule has 0 aromatic carbocycles. The summed E-state index contributed by atoms with van der Waals surface area (Å²) in [6.45, 7) is 2.01. The van der Waals surface area contributed by atoms with E-state index in [1.54, 1.807) is 7.05 Å². The van der Waals surface area contributed by atoms with Crippen molar-refractivity contribution in [2.75, 3.05) is 5.73 Å². The number of nitrogens with one attached hydrogen (secondary N) is 1. The van der Waals surface area contributed by atoms with Crippen LogP contribution < -0.4 is 11.1 Å². The molecular formula is C11H16N4O. The van der Waals surface area contributed by atoms with Gasteiger partial charge in [0.2, 0.25) is 0 Å². The van der Waals surface area contributed by atoms with Gasteiger partial charge in [0, 0.05) is 7.05 Å². The molecule has 0 fully saturated rings. The monoisotopic (exact) mass is 220 g/mol. The minimum atomic E-state index is -0.276. The van der Waals surface area contributed by atoms with Crippen molar-refractivity contribution in [1.29, 1.82) is 0 Å². The average Bonchev–Trinajstić information content (AvgIpc) is 2.59. The highest BCUT2D eigenvalue weighted by Crippen LogP contribution is 2.09. The van der Waals surface area contributed by atoms with Gasteiger partial charge < -0.3 is 11.1 Å². The Morgan fingerprint density at radius 3 is 2.94 bits per heavy atom. The molecule has 1 aromatic rings. The SMILES string of the molecule is C#CC(CCC)NC(=O)c1cnn(C)c1N. The number of nitrogens with two attached hydrogens (primary N) is 1. The van der Waals surface area contributed by atoms with Crippen molar-refractivity contribution in [3.63, 3.8) is 0 Å². The number of anilines is 1. The first-order chi connectivity index (χ1) is 7.60. The maximum atomic E-state index is 11.8. The third kappa shape index (κ3) is 2.54. The Bertz CT molecular complexity index is 416. The maximum absolute atomic E-state index is 11.8. The van der Waals surface area contributed by atoms with Crippen molar-refractivity contribution in [2.45, 2.75) is 25.8 Å². The summed E-state index contributed by atoms with van der Waals surface area (Å²) in [6, 6.07) is -0.253. The zero-order chi connectivity index (χ0) is 12.1. The lowest BCUT2D eigenvalue weighted by molar-refractivity contribution is 0.0945. The van der Waals surface area contributed by atoms with Gasteiger partial charge in [0.15, 0.2) is 0 Å². The van der Waals surface area contributed by atoms with Crippen molar-refractivity contribution in [2.24, 2.45) is 7.05 Å². The van der Waals surface area contributed by atoms with E-state index < -0.39 is 0 Å². The number of amides is 1. The summed E-state index contributed by atoms with van der Waals surface area (Å²) in [7, 11) is 1.68. The first kappa shape index (κ1) is 12.1. The molecule has 1 amide bonds. The largest absolute Gasteiger partial charge is 0.383 e. The van der Waals surface area contributed by atoms with Crippen molar-refractivity contribution in [1.82, 2.24) is 15.1 Å². The van der Waals surface area contributed by atoms with Crippen molar-refractivity contribution in [3.05, 3.63) is 11.8 Å². The summed E-state index contributed by atoms with van der Waals surface area (Å²) in [5, 5.41) is 6.63. The van der Waals surface area contributed by atoms with Crippen molar-refractivity contribution < 1.29 is 4.79 Å². The van der Waals surface area contributed by atoms with E-state index in [2.05, 4.69) is 16.3 Å². The van der Waals surface area contributed by atoms with E-state index in [1.807, 2.05) is 6.92 Å². The molecule has 5 heteroatoms. The van der Waals surface area contributed by atoms with Gasteiger partial charge in [-0.1, -0.05) is 19.3 Å². The van der Waals surface area contributed by atoms with E-state index in [4.69, 9.17) is 12.2 Å². The van der Waals surface area contributed by atoms with Crippen LogP contribution in [0.1, 0.15) is 30.1 Å². The number of rotatable bonds is 4. The molecule has 1 rings (SSSR count). The Morgan fingerprint density at radius 1 is 1.81 bits per heavy atom. The molecule has 0 aliphatic carbocycles. The zero-order valence-corrected chi connectivity index (χ0v) is 9.53. The standard InChI is InChI=1S/C11H16N4O/c1-4-6-8(5-2)14-11(16)9-7-13-15(3)10(9)12/h2,7-8H,4,6,12H2,1,3H3,(H,14,16). The summed E-state index contributed by atoms with van der Waals surface area (Å²) >= 11 is 0. The average molecular weight is 220 g/mol. The van der Waals surface area contributed by atoms with Gasteiger partial charge in [0.1, 0.15) is 11.4 Å². The lowest BCUT2D eigenvalue weighted by atomic mass is 10.1. The maximum Gasteiger partial charge on any atom is 0.257 e. The number of aromatic nitrogens is 2. The number of carbonyl (C=O) groups excluding carboxylic acids is 1. The van der Waals surface area contributed by atoms with Crippen LogP contribution in [-0.4, -0.2) is 21.7 Å². The molecule has 0 aliphatic rings. The van der Waals surface area contributed by atoms with Gasteiger partial charge in [0.25, 0.3) is 5.91 Å². The number of terminal acetylenes is 1. The normalized spacial score (nSPS) is 11.8. The minimum absolute atomic E-state index is 0.253. The van der Waals surface area contributed by atoms with Crippen LogP contribution >= 0.6 is 0 Å². The van der Waals surface area contributed by atoms with E-state index in [1.165, 1.54) is 10.9 Å². The van der Waals surface area contributed by atoms with Gasteiger partial charge in [-0.05, 0) is 6.42 Å². The molecular weight excluding hydrogens is 204 g/mol. The smallest absolute Gasteiger partial charge is 0.257 e. The quantitative estimate of drug-likeness (QED) is 0.727. The van der Waals surface area contributed by atoms with Crippen LogP contribution in [0.25, 0.3) is 0 Å². The number of hydrogen-bond donors (Lipinski definition) is 2. The first-order valence-corrected chi connectivity index (χ1v) is 5.14. The van der Waals surface area contributed by atoms with Gasteiger partial charge >= 0.3 is 0 Å². The lowest BCUT2D eigenvalue weighted by Gasteiger charge is -2.11. The molecule has 3 N–H and O–H groups in total. The predicted octanol–water partition coefficient (Wildman–Crippen LogP) is 0.534. The zero-order valence-electron chi connectivity index (χ0n) is 9.53. The first-order valence-electron chi connectivity index (χ1n) is 5.14. The van der Waals surface area contributed by atoms with E-state index in [-0.39, 0.29) is 11.9 Å². The van der Waals surface area contributed by atoms with Gasteiger partial charge in [-0.3, -0.25) is 9.48 Å². The van der Waals surface area contributed by atoms with Gasteiger partial charge in [-0.2, -0.15) is 5.10 Å². The molecule has 0 radical (unpaired) electrons. The molecule has 0 bridgehead atoms. The second-order valence-corrected chi connectivity index (χ2v) is 3.55. The molecule has 1 unspecified atom stereocenters. The lowest BCUT2D eigenvalue weighted by Crippen LogP contribution is -2.33. The number of hydrogen-bond acceptors (Lipinski definition) is 3. The Hall–Kier alpha value is -1.96. The van der Waals surface area contributed by atoms with E-state index in [0.29, 0.717) is 11.4 Å². The summed E-state index contributed by atoms with van der Waals surface area (Å²) in [5.41, 5.74) is 6.04. The van der Waals surface area contributed by atoms with Crippen LogP contribution in [0.3, 0.4) is 0 Å². The Balaban J connectivity index is 2.73. The highest BCUT2D eigenvalue weighted by atomic mass is 16.1. The van der Waals surface area contributed by atoms with Gasteiger partial charge in [0.05, 0.1) is 12.2 Å². The van der Waals surface area contributed by atoms with Crippen LogP contribution in [0.5, 0.6) is 0 Å². The predicted molar refractivity (Wildman–Crippen MR) is 62.6 cm³/mol. The Kier molecular flexibility index (Phi) is 3.95. The van der Waals surface area contributed by atoms with Gasteiger partial charge in [-0.25, -0.2) is 0 Å². The van der Waals surface area contributed by atoms with Crippen molar-refractivity contribution in [3.8, 4) is 12.3 Å². The summed E-state index contributed by atoms with van der Waals surface area (Å²) in [6.07, 6.45) is 8.41. The molecule has 1 aromatic heterocycles. The third-order valence-corrected chi connectivity index (χ3v) is 2.31. The fourth-order valence-corrected chi connectivity index (χ4v) is 1.34. The molecule has 1 atom stereocenters. The third-order valence-electron chi connectivity index (χ3n) is 2.31. The second-order valence-electron chi connectivity index (χ2n) is 3.55. The molecule has 0 aliphatic heterocycles. The van der Waals surface area contributed by atoms with Gasteiger partial charge in [-0.15, -0.1) is 6.42 Å². The molecule has 5 nitrogen and oxygen atoms in total. The molecule has 1 heterocycles. The van der Waals surface area contributed by atoms with Crippen LogP contribution in [0.2, 0.25) is 0 Å². The number of nitrogen functional groups attached to an aromatic ring is 1. The number of aryl methyl sites for hydroxylation is 1. The Labute approximate surface area is 95.0 Å². The summed E-state index contributed by atoms with van der Waals surface area (Å²) in [5.74, 6) is 2.59. The topological polar surface area (TPSA) is 72.9 Å². The van der Waals surface area contributed by atoms with Crippen LogP contribution in [0, 0.1) is 12.3 Å². The molecule has 0 saturated carbocycles. The van der Waals surface area contributed by atoms with Crippen LogP contribution in [0.4, 0.5) is 5.82 Å². The van der Waals surface area contributed by atoms with E-state index in [9.17, 15) is 4.79 Å². The number of carbonyl (C=O) groups is 1. The highest BCUT2D eigenvalue weighted by molar-refractivity contribution is 5.98. The molecule has 86 valence electrons. The minimum Gasteiger partial charge on any atom is -0.383 e. The van der Waals surface area contributed by atoms with Crippen LogP contribution in [-0.2, 0) is 7.05 Å². The summed E-state index contributed by atoms with van der Waals surface area (Å²) < 4.78 is 1.44. The molecule has 0 spiro atoms.